The van der Waals surface area contributed by atoms with Gasteiger partial charge in [0.1, 0.15) is 6.04 Å². The maximum absolute atomic E-state index is 11.9. The van der Waals surface area contributed by atoms with E-state index in [1.807, 2.05) is 24.3 Å². The van der Waals surface area contributed by atoms with Gasteiger partial charge < -0.3 is 5.32 Å². The van der Waals surface area contributed by atoms with Gasteiger partial charge in [0.25, 0.3) is 5.91 Å². The SMILES string of the molecule is C[C@@H](Nc1cccc(Cl)c1)C(=O)N/N=C\c1ccccn1. The molecule has 1 aromatic carbocycles. The number of benzene rings is 1. The predicted molar refractivity (Wildman–Crippen MR) is 84.5 cm³/mol. The summed E-state index contributed by atoms with van der Waals surface area (Å²) in [7, 11) is 0. The highest BCUT2D eigenvalue weighted by molar-refractivity contribution is 6.30. The molecule has 108 valence electrons. The van der Waals surface area contributed by atoms with Gasteiger partial charge >= 0.3 is 0 Å². The lowest BCUT2D eigenvalue weighted by atomic mass is 10.2. The van der Waals surface area contributed by atoms with Crippen LogP contribution in [0.25, 0.3) is 0 Å². The lowest BCUT2D eigenvalue weighted by molar-refractivity contribution is -0.121. The Morgan fingerprint density at radius 3 is 2.90 bits per heavy atom. The number of carbonyl (C=O) groups excluding carboxylic acids is 1. The van der Waals surface area contributed by atoms with Crippen LogP contribution in [-0.4, -0.2) is 23.1 Å². The van der Waals surface area contributed by atoms with E-state index >= 15 is 0 Å². The molecule has 2 N–H and O–H groups in total. The first-order valence-corrected chi connectivity index (χ1v) is 6.79. The van der Waals surface area contributed by atoms with Crippen molar-refractivity contribution in [2.75, 3.05) is 5.32 Å². The Bertz CT molecular complexity index is 631. The minimum atomic E-state index is -0.440. The molecule has 0 spiro atoms. The minimum absolute atomic E-state index is 0.248. The maximum atomic E-state index is 11.9. The van der Waals surface area contributed by atoms with Gasteiger partial charge in [-0.25, -0.2) is 5.43 Å². The Labute approximate surface area is 128 Å². The second kappa shape index (κ2) is 7.40. The molecule has 0 fully saturated rings. The number of carbonyl (C=O) groups is 1. The Kier molecular flexibility index (Phi) is 5.29. The third-order valence-electron chi connectivity index (χ3n) is 2.66. The minimum Gasteiger partial charge on any atom is -0.374 e. The monoisotopic (exact) mass is 302 g/mol. The Morgan fingerprint density at radius 1 is 1.33 bits per heavy atom. The summed E-state index contributed by atoms with van der Waals surface area (Å²) in [6.07, 6.45) is 3.15. The van der Waals surface area contributed by atoms with E-state index < -0.39 is 6.04 Å². The topological polar surface area (TPSA) is 66.4 Å². The third kappa shape index (κ3) is 4.89. The van der Waals surface area contributed by atoms with Crippen molar-refractivity contribution in [1.82, 2.24) is 10.4 Å². The van der Waals surface area contributed by atoms with Crippen LogP contribution in [0.2, 0.25) is 5.02 Å². The lowest BCUT2D eigenvalue weighted by Gasteiger charge is -2.13. The molecule has 0 aliphatic carbocycles. The highest BCUT2D eigenvalue weighted by Gasteiger charge is 2.11. The zero-order valence-corrected chi connectivity index (χ0v) is 12.2. The van der Waals surface area contributed by atoms with Crippen molar-refractivity contribution < 1.29 is 4.79 Å². The van der Waals surface area contributed by atoms with Gasteiger partial charge in [-0.15, -0.1) is 0 Å². The van der Waals surface area contributed by atoms with Gasteiger partial charge in [-0.2, -0.15) is 5.10 Å². The van der Waals surface area contributed by atoms with E-state index in [1.54, 1.807) is 31.3 Å². The first kappa shape index (κ1) is 15.0. The fourth-order valence-electron chi connectivity index (χ4n) is 1.60. The van der Waals surface area contributed by atoms with Crippen molar-refractivity contribution in [1.29, 1.82) is 0 Å². The highest BCUT2D eigenvalue weighted by atomic mass is 35.5. The van der Waals surface area contributed by atoms with E-state index in [0.717, 1.165) is 5.69 Å². The van der Waals surface area contributed by atoms with Gasteiger partial charge in [0, 0.05) is 16.9 Å². The van der Waals surface area contributed by atoms with Gasteiger partial charge in [-0.3, -0.25) is 9.78 Å². The maximum Gasteiger partial charge on any atom is 0.262 e. The zero-order valence-electron chi connectivity index (χ0n) is 11.5. The summed E-state index contributed by atoms with van der Waals surface area (Å²) in [5.41, 5.74) is 3.91. The molecular weight excluding hydrogens is 288 g/mol. The fraction of sp³-hybridized carbons (Fsp3) is 0.133. The summed E-state index contributed by atoms with van der Waals surface area (Å²) in [5, 5.41) is 7.53. The second-order valence-electron chi connectivity index (χ2n) is 4.37. The fourth-order valence-corrected chi connectivity index (χ4v) is 1.80. The second-order valence-corrected chi connectivity index (χ2v) is 4.80. The van der Waals surface area contributed by atoms with Gasteiger partial charge in [-0.1, -0.05) is 23.7 Å². The van der Waals surface area contributed by atoms with Crippen molar-refractivity contribution in [3.05, 3.63) is 59.4 Å². The molecular formula is C15H15ClN4O. The highest BCUT2D eigenvalue weighted by Crippen LogP contribution is 2.15. The summed E-state index contributed by atoms with van der Waals surface area (Å²) in [5.74, 6) is -0.248. The lowest BCUT2D eigenvalue weighted by Crippen LogP contribution is -2.34. The molecule has 0 aliphatic heterocycles. The standard InChI is InChI=1S/C15H15ClN4O/c1-11(19-13-7-4-5-12(16)9-13)15(21)20-18-10-14-6-2-3-8-17-14/h2-11,19H,1H3,(H,20,21)/b18-10-/t11-/m1/s1. The molecule has 1 heterocycles. The van der Waals surface area contributed by atoms with E-state index in [2.05, 4.69) is 20.8 Å². The predicted octanol–water partition coefficient (Wildman–Crippen LogP) is 2.69. The zero-order chi connectivity index (χ0) is 15.1. The Hall–Kier alpha value is -2.40. The molecule has 0 saturated carbocycles. The molecule has 2 rings (SSSR count). The first-order chi connectivity index (χ1) is 10.1. The van der Waals surface area contributed by atoms with Crippen LogP contribution in [0.4, 0.5) is 5.69 Å². The molecule has 0 radical (unpaired) electrons. The van der Waals surface area contributed by atoms with E-state index in [9.17, 15) is 4.79 Å². The van der Waals surface area contributed by atoms with E-state index in [4.69, 9.17) is 11.6 Å². The quantitative estimate of drug-likeness (QED) is 0.659. The number of nitrogens with one attached hydrogen (secondary N) is 2. The average Bonchev–Trinajstić information content (AvgIpc) is 2.48. The summed E-state index contributed by atoms with van der Waals surface area (Å²) in [4.78, 5) is 15.9. The summed E-state index contributed by atoms with van der Waals surface area (Å²) in [6.45, 7) is 1.74. The van der Waals surface area contributed by atoms with Crippen molar-refractivity contribution in [2.45, 2.75) is 13.0 Å². The molecule has 0 saturated heterocycles. The number of aromatic nitrogens is 1. The molecule has 21 heavy (non-hydrogen) atoms. The summed E-state index contributed by atoms with van der Waals surface area (Å²) >= 11 is 5.89. The number of halogens is 1. The van der Waals surface area contributed by atoms with E-state index in [1.165, 1.54) is 6.21 Å². The van der Waals surface area contributed by atoms with Crippen molar-refractivity contribution >= 4 is 29.4 Å². The molecule has 1 aromatic heterocycles. The van der Waals surface area contributed by atoms with Gasteiger partial charge in [0.2, 0.25) is 0 Å². The van der Waals surface area contributed by atoms with E-state index in [-0.39, 0.29) is 5.91 Å². The van der Waals surface area contributed by atoms with Crippen LogP contribution in [0.5, 0.6) is 0 Å². The molecule has 6 heteroatoms. The van der Waals surface area contributed by atoms with Crippen LogP contribution in [0.3, 0.4) is 0 Å². The van der Waals surface area contributed by atoms with Crippen LogP contribution in [0.15, 0.2) is 53.8 Å². The van der Waals surface area contributed by atoms with Crippen molar-refractivity contribution in [3.8, 4) is 0 Å². The first-order valence-electron chi connectivity index (χ1n) is 6.41. The molecule has 0 bridgehead atoms. The molecule has 1 amide bonds. The van der Waals surface area contributed by atoms with Crippen LogP contribution in [0, 0.1) is 0 Å². The number of rotatable bonds is 5. The van der Waals surface area contributed by atoms with Crippen molar-refractivity contribution in [2.24, 2.45) is 5.10 Å². The molecule has 1 atom stereocenters. The van der Waals surface area contributed by atoms with Crippen LogP contribution >= 0.6 is 11.6 Å². The van der Waals surface area contributed by atoms with Gasteiger partial charge in [-0.05, 0) is 37.3 Å². The number of anilines is 1. The summed E-state index contributed by atoms with van der Waals surface area (Å²) < 4.78 is 0. The number of hydrogen-bond acceptors (Lipinski definition) is 4. The number of pyridine rings is 1. The van der Waals surface area contributed by atoms with Crippen LogP contribution in [-0.2, 0) is 4.79 Å². The smallest absolute Gasteiger partial charge is 0.262 e. The average molecular weight is 303 g/mol. The largest absolute Gasteiger partial charge is 0.374 e. The van der Waals surface area contributed by atoms with E-state index in [0.29, 0.717) is 10.7 Å². The number of hydrazone groups is 1. The van der Waals surface area contributed by atoms with Crippen LogP contribution < -0.4 is 10.7 Å². The Morgan fingerprint density at radius 2 is 2.19 bits per heavy atom. The van der Waals surface area contributed by atoms with Crippen molar-refractivity contribution in [3.63, 3.8) is 0 Å². The molecule has 5 nitrogen and oxygen atoms in total. The van der Waals surface area contributed by atoms with Crippen LogP contribution in [0.1, 0.15) is 12.6 Å². The van der Waals surface area contributed by atoms with Gasteiger partial charge in [0.15, 0.2) is 0 Å². The Balaban J connectivity index is 1.87. The molecule has 0 aliphatic rings. The number of hydrogen-bond donors (Lipinski definition) is 2. The normalized spacial score (nSPS) is 12.1. The number of amides is 1. The third-order valence-corrected chi connectivity index (χ3v) is 2.90. The molecule has 0 unspecified atom stereocenters. The van der Waals surface area contributed by atoms with Gasteiger partial charge in [0.05, 0.1) is 11.9 Å². The number of nitrogens with zero attached hydrogens (tertiary/aromatic N) is 2. The molecule has 2 aromatic rings. The summed E-state index contributed by atoms with van der Waals surface area (Å²) in [6, 6.07) is 12.2.